The molecule has 2 rings (SSSR count). The van der Waals surface area contributed by atoms with Gasteiger partial charge < -0.3 is 4.57 Å². The van der Waals surface area contributed by atoms with E-state index in [0.717, 1.165) is 4.77 Å². The predicted octanol–water partition coefficient (Wildman–Crippen LogP) is 3.72. The van der Waals surface area contributed by atoms with Gasteiger partial charge in [-0.05, 0) is 42.3 Å². The van der Waals surface area contributed by atoms with Crippen LogP contribution in [-0.2, 0) is 0 Å². The fourth-order valence-electron chi connectivity index (χ4n) is 3.50. The Morgan fingerprint density at radius 2 is 1.88 bits per heavy atom. The van der Waals surface area contributed by atoms with Crippen molar-refractivity contribution in [2.45, 2.75) is 53.0 Å². The van der Waals surface area contributed by atoms with Crippen molar-refractivity contribution in [3.05, 3.63) is 11.1 Å². The van der Waals surface area contributed by atoms with Gasteiger partial charge in [-0.1, -0.05) is 27.7 Å². The quantitative estimate of drug-likeness (QED) is 0.758. The van der Waals surface area contributed by atoms with E-state index in [2.05, 4.69) is 42.5 Å². The molecule has 1 aromatic heterocycles. The van der Waals surface area contributed by atoms with Crippen LogP contribution in [0.1, 0.15) is 53.0 Å². The molecule has 0 aromatic carbocycles. The third-order valence-corrected chi connectivity index (χ3v) is 3.81. The van der Waals surface area contributed by atoms with Crippen LogP contribution in [0, 0.1) is 15.6 Å². The van der Waals surface area contributed by atoms with Crippen molar-refractivity contribution in [1.29, 1.82) is 0 Å². The van der Waals surface area contributed by atoms with Crippen LogP contribution < -0.4 is 0 Å². The first kappa shape index (κ1) is 11.8. The summed E-state index contributed by atoms with van der Waals surface area (Å²) in [5.74, 6) is 0. The first-order valence-electron chi connectivity index (χ1n) is 5.91. The van der Waals surface area contributed by atoms with Crippen LogP contribution in [0.4, 0.5) is 0 Å². The van der Waals surface area contributed by atoms with E-state index in [1.165, 1.54) is 19.3 Å². The number of H-pyrrole nitrogens is 1. The largest absolute Gasteiger partial charge is 0.304 e. The van der Waals surface area contributed by atoms with Gasteiger partial charge in [-0.2, -0.15) is 5.10 Å². The summed E-state index contributed by atoms with van der Waals surface area (Å²) >= 11 is 5.26. The van der Waals surface area contributed by atoms with Gasteiger partial charge in [0.2, 0.25) is 0 Å². The van der Waals surface area contributed by atoms with Crippen molar-refractivity contribution < 1.29 is 0 Å². The zero-order valence-corrected chi connectivity index (χ0v) is 11.4. The zero-order valence-electron chi connectivity index (χ0n) is 10.6. The molecule has 3 nitrogen and oxygen atoms in total. The van der Waals surface area contributed by atoms with Gasteiger partial charge >= 0.3 is 0 Å². The topological polar surface area (TPSA) is 33.6 Å². The second-order valence-electron chi connectivity index (χ2n) is 6.64. The van der Waals surface area contributed by atoms with Gasteiger partial charge in [0.05, 0.1) is 0 Å². The molecule has 1 N–H and O–H groups in total. The van der Waals surface area contributed by atoms with Crippen LogP contribution in [0.25, 0.3) is 0 Å². The van der Waals surface area contributed by atoms with E-state index in [9.17, 15) is 0 Å². The zero-order chi connectivity index (χ0) is 12.0. The fraction of sp³-hybridized carbons (Fsp3) is 0.833. The molecule has 1 heterocycles. The molecule has 1 aliphatic rings. The van der Waals surface area contributed by atoms with Crippen molar-refractivity contribution in [3.63, 3.8) is 0 Å². The smallest absolute Gasteiger partial charge is 0.195 e. The van der Waals surface area contributed by atoms with Crippen LogP contribution in [0.5, 0.6) is 0 Å². The van der Waals surface area contributed by atoms with E-state index >= 15 is 0 Å². The molecular formula is C12H21N3S. The number of aromatic nitrogens is 3. The molecule has 1 saturated carbocycles. The summed E-state index contributed by atoms with van der Waals surface area (Å²) in [6, 6.07) is 0.491. The summed E-state index contributed by atoms with van der Waals surface area (Å²) < 4.78 is 2.87. The molecule has 0 spiro atoms. The lowest BCUT2D eigenvalue weighted by Gasteiger charge is -2.45. The fourth-order valence-corrected chi connectivity index (χ4v) is 3.75. The number of hydrogen-bond donors (Lipinski definition) is 1. The molecule has 1 aliphatic carbocycles. The highest BCUT2D eigenvalue weighted by Crippen LogP contribution is 2.49. The lowest BCUT2D eigenvalue weighted by Crippen LogP contribution is -2.35. The van der Waals surface area contributed by atoms with Crippen molar-refractivity contribution in [2.24, 2.45) is 10.8 Å². The summed E-state index contributed by atoms with van der Waals surface area (Å²) in [6.45, 7) is 9.41. The number of rotatable bonds is 1. The van der Waals surface area contributed by atoms with Gasteiger partial charge in [0.1, 0.15) is 6.33 Å². The summed E-state index contributed by atoms with van der Waals surface area (Å²) in [5.41, 5.74) is 0.775. The molecule has 16 heavy (non-hydrogen) atoms. The van der Waals surface area contributed by atoms with E-state index in [1.54, 1.807) is 0 Å². The van der Waals surface area contributed by atoms with E-state index in [4.69, 9.17) is 12.2 Å². The first-order chi connectivity index (χ1) is 7.29. The van der Waals surface area contributed by atoms with Crippen LogP contribution in [0.2, 0.25) is 0 Å². The van der Waals surface area contributed by atoms with Gasteiger partial charge in [-0.15, -0.1) is 0 Å². The average molecular weight is 239 g/mol. The highest BCUT2D eigenvalue weighted by molar-refractivity contribution is 7.71. The Kier molecular flexibility index (Phi) is 2.73. The standard InChI is InChI=1S/C12H21N3S/c1-11(2)5-9(6-12(3,4)7-11)15-8-13-14-10(15)16/h8-9H,5-7H2,1-4H3,(H,14,16). The van der Waals surface area contributed by atoms with Crippen LogP contribution >= 0.6 is 12.2 Å². The Balaban J connectivity index is 2.30. The van der Waals surface area contributed by atoms with Crippen molar-refractivity contribution in [3.8, 4) is 0 Å². The van der Waals surface area contributed by atoms with Gasteiger partial charge in [0.15, 0.2) is 4.77 Å². The van der Waals surface area contributed by atoms with Crippen molar-refractivity contribution >= 4 is 12.2 Å². The Hall–Kier alpha value is -0.640. The lowest BCUT2D eigenvalue weighted by atomic mass is 9.63. The minimum atomic E-state index is 0.387. The maximum absolute atomic E-state index is 5.26. The van der Waals surface area contributed by atoms with E-state index in [-0.39, 0.29) is 0 Å². The second kappa shape index (κ2) is 3.69. The van der Waals surface area contributed by atoms with Crippen LogP contribution in [-0.4, -0.2) is 14.8 Å². The average Bonchev–Trinajstić information content (AvgIpc) is 2.45. The van der Waals surface area contributed by atoms with E-state index in [1.807, 2.05) is 6.33 Å². The third-order valence-electron chi connectivity index (χ3n) is 3.50. The van der Waals surface area contributed by atoms with Gasteiger partial charge in [0, 0.05) is 6.04 Å². The molecule has 0 radical (unpaired) electrons. The predicted molar refractivity (Wildman–Crippen MR) is 67.9 cm³/mol. The molecule has 0 aliphatic heterocycles. The highest BCUT2D eigenvalue weighted by atomic mass is 32.1. The summed E-state index contributed by atoms with van der Waals surface area (Å²) in [7, 11) is 0. The van der Waals surface area contributed by atoms with Crippen molar-refractivity contribution in [1.82, 2.24) is 14.8 Å². The second-order valence-corrected chi connectivity index (χ2v) is 7.02. The molecule has 0 saturated heterocycles. The molecular weight excluding hydrogens is 218 g/mol. The molecule has 1 fully saturated rings. The lowest BCUT2D eigenvalue weighted by molar-refractivity contribution is 0.0716. The monoisotopic (exact) mass is 239 g/mol. The molecule has 0 unspecified atom stereocenters. The molecule has 0 atom stereocenters. The molecule has 1 aromatic rings. The Labute approximate surface area is 102 Å². The third kappa shape index (κ3) is 2.37. The van der Waals surface area contributed by atoms with Crippen LogP contribution in [0.3, 0.4) is 0 Å². The summed E-state index contributed by atoms with van der Waals surface area (Å²) in [5, 5.41) is 6.87. The van der Waals surface area contributed by atoms with E-state index in [0.29, 0.717) is 16.9 Å². The van der Waals surface area contributed by atoms with Crippen LogP contribution in [0.15, 0.2) is 6.33 Å². The first-order valence-corrected chi connectivity index (χ1v) is 6.31. The SMILES string of the molecule is CC1(C)CC(n2cn[nH]c2=S)CC(C)(C)C1. The maximum atomic E-state index is 5.26. The van der Waals surface area contributed by atoms with Gasteiger partial charge in [0.25, 0.3) is 0 Å². The minimum absolute atomic E-state index is 0.387. The summed E-state index contributed by atoms with van der Waals surface area (Å²) in [4.78, 5) is 0. The Morgan fingerprint density at radius 3 is 2.31 bits per heavy atom. The molecule has 0 amide bonds. The summed E-state index contributed by atoms with van der Waals surface area (Å²) in [6.07, 6.45) is 5.49. The van der Waals surface area contributed by atoms with E-state index < -0.39 is 0 Å². The Bertz CT molecular complexity index is 411. The highest BCUT2D eigenvalue weighted by Gasteiger charge is 2.39. The number of hydrogen-bond acceptors (Lipinski definition) is 2. The minimum Gasteiger partial charge on any atom is -0.304 e. The molecule has 4 heteroatoms. The maximum Gasteiger partial charge on any atom is 0.195 e. The molecule has 90 valence electrons. The number of nitrogens with one attached hydrogen (secondary N) is 1. The van der Waals surface area contributed by atoms with Gasteiger partial charge in [-0.3, -0.25) is 5.10 Å². The number of aromatic amines is 1. The normalized spacial score (nSPS) is 24.5. The van der Waals surface area contributed by atoms with Crippen molar-refractivity contribution in [2.75, 3.05) is 0 Å². The Morgan fingerprint density at radius 1 is 1.31 bits per heavy atom. The molecule has 0 bridgehead atoms. The number of nitrogens with zero attached hydrogens (tertiary/aromatic N) is 2. The van der Waals surface area contributed by atoms with Gasteiger partial charge in [-0.25, -0.2) is 0 Å².